The summed E-state index contributed by atoms with van der Waals surface area (Å²) < 4.78 is 11.4. The second-order valence-electron chi connectivity index (χ2n) is 6.63. The van der Waals surface area contributed by atoms with Gasteiger partial charge < -0.3 is 19.1 Å². The molecule has 0 saturated carbocycles. The van der Waals surface area contributed by atoms with Gasteiger partial charge in [-0.2, -0.15) is 0 Å². The second-order valence-corrected chi connectivity index (χ2v) is 7.86. The summed E-state index contributed by atoms with van der Waals surface area (Å²) in [7, 11) is 2.47. The molecular weight excluding hydrogens is 402 g/mol. The molecule has 1 atom stereocenters. The lowest BCUT2D eigenvalue weighted by atomic mass is 10.0. The first-order valence-corrected chi connectivity index (χ1v) is 9.97. The number of hydrogen-bond acceptors (Lipinski definition) is 6. The van der Waals surface area contributed by atoms with Crippen molar-refractivity contribution in [1.29, 1.82) is 0 Å². The number of fused-ring (bicyclic) bond motifs is 1. The Morgan fingerprint density at radius 2 is 1.53 bits per heavy atom. The highest BCUT2D eigenvalue weighted by molar-refractivity contribution is 8.09. The van der Waals surface area contributed by atoms with Gasteiger partial charge in [0, 0.05) is 22.9 Å². The molecule has 7 heteroatoms. The van der Waals surface area contributed by atoms with E-state index in [-0.39, 0.29) is 16.8 Å². The standard InChI is InChI=1S/C23H19NO5S/c1-28-21(25)17-13-24-14-18(15-9-5-3-6-10-15)30-23(27,16-11-7-4-8-12-16)20(24)19(17)22(26)29-2/h3-14,27H,1-2H3. The van der Waals surface area contributed by atoms with Crippen molar-refractivity contribution in [3.63, 3.8) is 0 Å². The van der Waals surface area contributed by atoms with E-state index in [0.29, 0.717) is 5.56 Å². The Kier molecular flexibility index (Phi) is 5.24. The third-order valence-corrected chi connectivity index (χ3v) is 6.17. The van der Waals surface area contributed by atoms with E-state index in [9.17, 15) is 14.7 Å². The molecular formula is C23H19NO5S. The number of methoxy groups -OCH3 is 2. The molecule has 2 aromatic carbocycles. The molecule has 1 aromatic heterocycles. The zero-order valence-corrected chi connectivity index (χ0v) is 17.2. The minimum absolute atomic E-state index is 0.0217. The smallest absolute Gasteiger partial charge is 0.340 e. The number of esters is 2. The van der Waals surface area contributed by atoms with Crippen LogP contribution in [0.15, 0.2) is 66.9 Å². The maximum absolute atomic E-state index is 12.7. The predicted molar refractivity (Wildman–Crippen MR) is 115 cm³/mol. The molecule has 0 amide bonds. The van der Waals surface area contributed by atoms with Gasteiger partial charge in [-0.15, -0.1) is 0 Å². The second kappa shape index (κ2) is 7.85. The van der Waals surface area contributed by atoms with Crippen molar-refractivity contribution in [1.82, 2.24) is 4.57 Å². The Balaban J connectivity index is 2.04. The molecule has 0 bridgehead atoms. The molecule has 0 saturated heterocycles. The van der Waals surface area contributed by atoms with E-state index < -0.39 is 16.9 Å². The lowest BCUT2D eigenvalue weighted by molar-refractivity contribution is 0.0551. The molecule has 30 heavy (non-hydrogen) atoms. The lowest BCUT2D eigenvalue weighted by Crippen LogP contribution is -2.30. The Labute approximate surface area is 177 Å². The summed E-state index contributed by atoms with van der Waals surface area (Å²) in [6.07, 6.45) is 3.27. The number of rotatable bonds is 4. The van der Waals surface area contributed by atoms with Crippen LogP contribution in [-0.4, -0.2) is 35.8 Å². The third-order valence-electron chi connectivity index (χ3n) is 4.89. The van der Waals surface area contributed by atoms with Gasteiger partial charge in [-0.25, -0.2) is 9.59 Å². The first-order valence-electron chi connectivity index (χ1n) is 9.15. The summed E-state index contributed by atoms with van der Waals surface area (Å²) in [4.78, 5) is 24.2. The van der Waals surface area contributed by atoms with Gasteiger partial charge in [-0.1, -0.05) is 72.4 Å². The summed E-state index contributed by atoms with van der Waals surface area (Å²) in [5.74, 6) is -1.41. The molecule has 3 aromatic rings. The number of carbonyl (C=O) groups excluding carboxylic acids is 2. The number of nitrogens with zero attached hydrogens (tertiary/aromatic N) is 1. The van der Waals surface area contributed by atoms with Crippen LogP contribution in [0, 0.1) is 0 Å². The largest absolute Gasteiger partial charge is 0.465 e. The molecule has 1 aliphatic rings. The lowest BCUT2D eigenvalue weighted by Gasteiger charge is -2.34. The minimum atomic E-state index is -1.64. The van der Waals surface area contributed by atoms with Gasteiger partial charge in [0.25, 0.3) is 0 Å². The van der Waals surface area contributed by atoms with Gasteiger partial charge in [0.05, 0.1) is 31.0 Å². The number of carbonyl (C=O) groups is 2. The molecule has 1 aliphatic heterocycles. The van der Waals surface area contributed by atoms with E-state index >= 15 is 0 Å². The highest BCUT2D eigenvalue weighted by Gasteiger charge is 2.45. The topological polar surface area (TPSA) is 77.8 Å². The van der Waals surface area contributed by atoms with Crippen molar-refractivity contribution in [3.8, 4) is 0 Å². The summed E-state index contributed by atoms with van der Waals surface area (Å²) in [5, 5.41) is 12.0. The molecule has 0 radical (unpaired) electrons. The molecule has 1 unspecified atom stereocenters. The van der Waals surface area contributed by atoms with E-state index in [2.05, 4.69) is 0 Å². The van der Waals surface area contributed by atoms with E-state index in [1.54, 1.807) is 35.0 Å². The van der Waals surface area contributed by atoms with Crippen molar-refractivity contribution in [2.24, 2.45) is 0 Å². The molecule has 0 aliphatic carbocycles. The van der Waals surface area contributed by atoms with Gasteiger partial charge in [0.2, 0.25) is 0 Å². The minimum Gasteiger partial charge on any atom is -0.465 e. The van der Waals surface area contributed by atoms with Crippen LogP contribution in [0.25, 0.3) is 11.1 Å². The Bertz CT molecular complexity index is 1140. The van der Waals surface area contributed by atoms with Crippen molar-refractivity contribution in [2.45, 2.75) is 4.93 Å². The average molecular weight is 421 g/mol. The third kappa shape index (κ3) is 3.22. The van der Waals surface area contributed by atoms with Crippen LogP contribution in [-0.2, 0) is 14.4 Å². The van der Waals surface area contributed by atoms with E-state index in [0.717, 1.165) is 10.5 Å². The molecule has 2 heterocycles. The van der Waals surface area contributed by atoms with Gasteiger partial charge in [-0.3, -0.25) is 0 Å². The van der Waals surface area contributed by atoms with Crippen LogP contribution in [0.4, 0.5) is 0 Å². The Hall–Kier alpha value is -3.29. The maximum Gasteiger partial charge on any atom is 0.340 e. The number of ether oxygens (including phenoxy) is 2. The molecule has 1 N–H and O–H groups in total. The fraction of sp³-hybridized carbons (Fsp3) is 0.130. The first-order chi connectivity index (χ1) is 14.5. The van der Waals surface area contributed by atoms with Crippen molar-refractivity contribution < 1.29 is 24.2 Å². The number of benzene rings is 2. The predicted octanol–water partition coefficient (Wildman–Crippen LogP) is 3.96. The first kappa shape index (κ1) is 20.0. The zero-order chi connectivity index (χ0) is 21.3. The molecule has 0 fully saturated rings. The van der Waals surface area contributed by atoms with Gasteiger partial charge in [0.1, 0.15) is 0 Å². The summed E-state index contributed by atoms with van der Waals surface area (Å²) in [6, 6.07) is 18.6. The molecule has 0 spiro atoms. The summed E-state index contributed by atoms with van der Waals surface area (Å²) >= 11 is 1.19. The number of aromatic nitrogens is 1. The maximum atomic E-state index is 12.7. The van der Waals surface area contributed by atoms with Crippen LogP contribution in [0.5, 0.6) is 0 Å². The number of thioether (sulfide) groups is 1. The van der Waals surface area contributed by atoms with Crippen LogP contribution >= 0.6 is 11.8 Å². The quantitative estimate of drug-likeness (QED) is 0.643. The summed E-state index contributed by atoms with van der Waals surface area (Å²) in [5.41, 5.74) is 1.71. The highest BCUT2D eigenvalue weighted by Crippen LogP contribution is 2.52. The molecule has 6 nitrogen and oxygen atoms in total. The van der Waals surface area contributed by atoms with Crippen LogP contribution < -0.4 is 0 Å². The van der Waals surface area contributed by atoms with E-state index in [4.69, 9.17) is 9.47 Å². The molecule has 4 rings (SSSR count). The summed E-state index contributed by atoms with van der Waals surface area (Å²) in [6.45, 7) is 0. The van der Waals surface area contributed by atoms with Crippen LogP contribution in [0.2, 0.25) is 0 Å². The normalized spacial score (nSPS) is 17.6. The van der Waals surface area contributed by atoms with Gasteiger partial charge in [-0.05, 0) is 5.56 Å². The van der Waals surface area contributed by atoms with Crippen LogP contribution in [0.3, 0.4) is 0 Å². The zero-order valence-electron chi connectivity index (χ0n) is 16.4. The highest BCUT2D eigenvalue weighted by atomic mass is 32.2. The Morgan fingerprint density at radius 1 is 0.933 bits per heavy atom. The number of hydrogen-bond donors (Lipinski definition) is 1. The average Bonchev–Trinajstić information content (AvgIpc) is 3.19. The van der Waals surface area contributed by atoms with Crippen molar-refractivity contribution >= 4 is 34.8 Å². The fourth-order valence-corrected chi connectivity index (χ4v) is 4.80. The molecule has 152 valence electrons. The monoisotopic (exact) mass is 421 g/mol. The number of aliphatic hydroxyl groups is 1. The van der Waals surface area contributed by atoms with Crippen molar-refractivity contribution in [3.05, 3.63) is 94.8 Å². The van der Waals surface area contributed by atoms with Crippen molar-refractivity contribution in [2.75, 3.05) is 14.2 Å². The SMILES string of the molecule is COC(=O)c1cn2c(c1C(=O)OC)C(O)(c1ccccc1)SC(c1ccccc1)=C2. The fourth-order valence-electron chi connectivity index (χ4n) is 3.50. The van der Waals surface area contributed by atoms with Crippen LogP contribution in [0.1, 0.15) is 37.5 Å². The van der Waals surface area contributed by atoms with E-state index in [1.165, 1.54) is 32.2 Å². The van der Waals surface area contributed by atoms with Gasteiger partial charge in [0.15, 0.2) is 4.93 Å². The Morgan fingerprint density at radius 3 is 2.13 bits per heavy atom. The van der Waals surface area contributed by atoms with E-state index in [1.807, 2.05) is 36.4 Å². The van der Waals surface area contributed by atoms with Gasteiger partial charge >= 0.3 is 11.9 Å².